The van der Waals surface area contributed by atoms with Crippen molar-refractivity contribution in [3.63, 3.8) is 0 Å². The Balaban J connectivity index is 2.67. The van der Waals surface area contributed by atoms with Crippen LogP contribution in [0.5, 0.6) is 0 Å². The third-order valence-electron chi connectivity index (χ3n) is 2.40. The average Bonchev–Trinajstić information content (AvgIpc) is 2.63. The number of amides is 1. The quantitative estimate of drug-likeness (QED) is 0.811. The highest BCUT2D eigenvalue weighted by atomic mass is 16.4. The Morgan fingerprint density at radius 2 is 2.12 bits per heavy atom. The summed E-state index contributed by atoms with van der Waals surface area (Å²) in [5.41, 5.74) is 0.475. The van der Waals surface area contributed by atoms with Crippen molar-refractivity contribution in [2.75, 3.05) is 0 Å². The first kappa shape index (κ1) is 13.3. The first-order valence-electron chi connectivity index (χ1n) is 5.55. The van der Waals surface area contributed by atoms with E-state index in [-0.39, 0.29) is 11.8 Å². The molecule has 1 aromatic rings. The third-order valence-corrected chi connectivity index (χ3v) is 2.40. The summed E-state index contributed by atoms with van der Waals surface area (Å²) in [6.07, 6.45) is 3.82. The van der Waals surface area contributed by atoms with E-state index in [1.54, 1.807) is 30.1 Å². The minimum absolute atomic E-state index is 0.215. The number of nitrogens with zero attached hydrogens (tertiary/aromatic N) is 1. The van der Waals surface area contributed by atoms with Crippen molar-refractivity contribution in [1.82, 2.24) is 9.88 Å². The number of carbonyl (C=O) groups is 2. The van der Waals surface area contributed by atoms with Crippen molar-refractivity contribution >= 4 is 11.9 Å². The van der Waals surface area contributed by atoms with Gasteiger partial charge in [0.25, 0.3) is 5.91 Å². The van der Waals surface area contributed by atoms with Gasteiger partial charge in [0.05, 0.1) is 5.56 Å². The molecule has 0 aliphatic rings. The van der Waals surface area contributed by atoms with Crippen LogP contribution >= 0.6 is 0 Å². The van der Waals surface area contributed by atoms with Gasteiger partial charge in [-0.2, -0.15) is 0 Å². The molecule has 1 atom stereocenters. The average molecular weight is 238 g/mol. The van der Waals surface area contributed by atoms with Crippen LogP contribution in [0, 0.1) is 5.92 Å². The molecular weight excluding hydrogens is 220 g/mol. The van der Waals surface area contributed by atoms with Gasteiger partial charge in [0.1, 0.15) is 6.04 Å². The first-order chi connectivity index (χ1) is 7.90. The van der Waals surface area contributed by atoms with E-state index in [0.717, 1.165) is 0 Å². The normalized spacial score (nSPS) is 12.5. The predicted molar refractivity (Wildman–Crippen MR) is 63.8 cm³/mol. The number of carboxylic acids is 1. The number of aliphatic carboxylic acids is 1. The number of carbonyl (C=O) groups excluding carboxylic acids is 1. The monoisotopic (exact) mass is 238 g/mol. The van der Waals surface area contributed by atoms with Gasteiger partial charge < -0.3 is 15.0 Å². The van der Waals surface area contributed by atoms with Crippen LogP contribution in [0.1, 0.15) is 30.6 Å². The number of aromatic nitrogens is 1. The van der Waals surface area contributed by atoms with Crippen molar-refractivity contribution < 1.29 is 14.7 Å². The fraction of sp³-hybridized carbons (Fsp3) is 0.500. The second kappa shape index (κ2) is 5.52. The Kier molecular flexibility index (Phi) is 4.31. The van der Waals surface area contributed by atoms with E-state index in [4.69, 9.17) is 5.11 Å². The van der Waals surface area contributed by atoms with Crippen molar-refractivity contribution in [1.29, 1.82) is 0 Å². The molecule has 0 saturated carbocycles. The maximum Gasteiger partial charge on any atom is 0.326 e. The van der Waals surface area contributed by atoms with Gasteiger partial charge in [0.2, 0.25) is 0 Å². The van der Waals surface area contributed by atoms with Crippen LogP contribution in [0.25, 0.3) is 0 Å². The summed E-state index contributed by atoms with van der Waals surface area (Å²) in [7, 11) is 1.81. The summed E-state index contributed by atoms with van der Waals surface area (Å²) >= 11 is 0. The number of hydrogen-bond acceptors (Lipinski definition) is 2. The van der Waals surface area contributed by atoms with Gasteiger partial charge >= 0.3 is 5.97 Å². The fourth-order valence-corrected chi connectivity index (χ4v) is 1.57. The zero-order chi connectivity index (χ0) is 13.0. The highest BCUT2D eigenvalue weighted by molar-refractivity contribution is 5.96. The van der Waals surface area contributed by atoms with E-state index in [2.05, 4.69) is 5.32 Å². The van der Waals surface area contributed by atoms with E-state index in [1.165, 1.54) is 0 Å². The third kappa shape index (κ3) is 3.94. The Morgan fingerprint density at radius 3 is 2.53 bits per heavy atom. The molecule has 0 fully saturated rings. The molecule has 0 aromatic carbocycles. The Bertz CT molecular complexity index is 410. The lowest BCUT2D eigenvalue weighted by Crippen LogP contribution is -2.41. The lowest BCUT2D eigenvalue weighted by atomic mass is 10.0. The number of rotatable bonds is 5. The van der Waals surface area contributed by atoms with Gasteiger partial charge in [-0.25, -0.2) is 4.79 Å². The Hall–Kier alpha value is -1.78. The van der Waals surface area contributed by atoms with E-state index < -0.39 is 12.0 Å². The molecule has 5 nitrogen and oxygen atoms in total. The number of hydrogen-bond donors (Lipinski definition) is 2. The zero-order valence-corrected chi connectivity index (χ0v) is 10.3. The number of nitrogens with one attached hydrogen (secondary N) is 1. The second-order valence-electron chi connectivity index (χ2n) is 4.56. The van der Waals surface area contributed by atoms with Crippen LogP contribution in [0.3, 0.4) is 0 Å². The van der Waals surface area contributed by atoms with E-state index in [9.17, 15) is 9.59 Å². The van der Waals surface area contributed by atoms with Crippen LogP contribution in [0.15, 0.2) is 18.5 Å². The van der Waals surface area contributed by atoms with Crippen LogP contribution in [0.4, 0.5) is 0 Å². The minimum atomic E-state index is -0.997. The zero-order valence-electron chi connectivity index (χ0n) is 10.3. The molecule has 94 valence electrons. The summed E-state index contributed by atoms with van der Waals surface area (Å²) in [4.78, 5) is 22.8. The van der Waals surface area contributed by atoms with E-state index in [0.29, 0.717) is 12.0 Å². The van der Waals surface area contributed by atoms with Crippen LogP contribution in [-0.4, -0.2) is 27.6 Å². The van der Waals surface area contributed by atoms with E-state index in [1.807, 2.05) is 13.8 Å². The standard InChI is InChI=1S/C12H18N2O3/c1-8(2)6-10(12(16)17)13-11(15)9-4-5-14(3)7-9/h4-5,7-8,10H,6H2,1-3H3,(H,13,15)(H,16,17)/t10-/m1/s1. The summed E-state index contributed by atoms with van der Waals surface area (Å²) < 4.78 is 1.74. The predicted octanol–water partition coefficient (Wildman–Crippen LogP) is 1.25. The molecule has 1 heterocycles. The first-order valence-corrected chi connectivity index (χ1v) is 5.55. The van der Waals surface area contributed by atoms with Gasteiger partial charge in [-0.15, -0.1) is 0 Å². The largest absolute Gasteiger partial charge is 0.480 e. The summed E-state index contributed by atoms with van der Waals surface area (Å²) in [6, 6.07) is 0.826. The molecule has 0 spiro atoms. The van der Waals surface area contributed by atoms with E-state index >= 15 is 0 Å². The summed E-state index contributed by atoms with van der Waals surface area (Å²) in [5, 5.41) is 11.5. The minimum Gasteiger partial charge on any atom is -0.480 e. The molecule has 1 rings (SSSR count). The highest BCUT2D eigenvalue weighted by Crippen LogP contribution is 2.07. The molecule has 0 aliphatic heterocycles. The number of aryl methyl sites for hydroxylation is 1. The van der Waals surface area contributed by atoms with Gasteiger partial charge in [-0.05, 0) is 18.4 Å². The smallest absolute Gasteiger partial charge is 0.326 e. The molecule has 5 heteroatoms. The Labute approximate surface area is 100 Å². The van der Waals surface area contributed by atoms with Gasteiger partial charge in [0, 0.05) is 19.4 Å². The summed E-state index contributed by atoms with van der Waals surface area (Å²) in [6.45, 7) is 3.84. The van der Waals surface area contributed by atoms with Gasteiger partial charge in [-0.3, -0.25) is 4.79 Å². The van der Waals surface area contributed by atoms with Gasteiger partial charge in [0.15, 0.2) is 0 Å². The molecule has 1 aromatic heterocycles. The molecule has 0 saturated heterocycles. The molecule has 1 amide bonds. The maximum absolute atomic E-state index is 11.8. The van der Waals surface area contributed by atoms with Crippen LogP contribution < -0.4 is 5.32 Å². The molecule has 17 heavy (non-hydrogen) atoms. The van der Waals surface area contributed by atoms with Crippen molar-refractivity contribution in [2.45, 2.75) is 26.3 Å². The molecule has 2 N–H and O–H groups in total. The lowest BCUT2D eigenvalue weighted by Gasteiger charge is -2.15. The molecular formula is C12H18N2O3. The van der Waals surface area contributed by atoms with Crippen LogP contribution in [-0.2, 0) is 11.8 Å². The molecule has 0 bridgehead atoms. The second-order valence-corrected chi connectivity index (χ2v) is 4.56. The fourth-order valence-electron chi connectivity index (χ4n) is 1.57. The molecule has 0 aliphatic carbocycles. The lowest BCUT2D eigenvalue weighted by molar-refractivity contribution is -0.139. The summed E-state index contributed by atoms with van der Waals surface area (Å²) in [5.74, 6) is -1.13. The SMILES string of the molecule is CC(C)C[C@@H](NC(=O)c1ccn(C)c1)C(=O)O. The highest BCUT2D eigenvalue weighted by Gasteiger charge is 2.21. The Morgan fingerprint density at radius 1 is 1.47 bits per heavy atom. The molecule has 0 radical (unpaired) electrons. The van der Waals surface area contributed by atoms with Crippen molar-refractivity contribution in [2.24, 2.45) is 13.0 Å². The maximum atomic E-state index is 11.8. The van der Waals surface area contributed by atoms with Crippen molar-refractivity contribution in [3.8, 4) is 0 Å². The van der Waals surface area contributed by atoms with Crippen LogP contribution in [0.2, 0.25) is 0 Å². The van der Waals surface area contributed by atoms with Crippen molar-refractivity contribution in [3.05, 3.63) is 24.0 Å². The van der Waals surface area contributed by atoms with Gasteiger partial charge in [-0.1, -0.05) is 13.8 Å². The number of carboxylic acid groups (broad SMARTS) is 1. The topological polar surface area (TPSA) is 71.3 Å². The molecule has 0 unspecified atom stereocenters.